The summed E-state index contributed by atoms with van der Waals surface area (Å²) in [6.07, 6.45) is 1.03. The molecule has 1 aromatic rings. The number of hydrogen-bond donors (Lipinski definition) is 1. The molecule has 1 saturated heterocycles. The maximum Gasteiger partial charge on any atom is 0.222 e. The Morgan fingerprint density at radius 3 is 2.85 bits per heavy atom. The summed E-state index contributed by atoms with van der Waals surface area (Å²) in [5, 5.41) is 10.8. The largest absolute Gasteiger partial charge is 0.387 e. The summed E-state index contributed by atoms with van der Waals surface area (Å²) >= 11 is 6.07. The molecular weight excluding hydrogens is 276 g/mol. The number of nitrogens with zero attached hydrogens (tertiary/aromatic N) is 2. The molecule has 1 unspecified atom stereocenters. The van der Waals surface area contributed by atoms with Gasteiger partial charge in [-0.2, -0.15) is 0 Å². The van der Waals surface area contributed by atoms with E-state index >= 15 is 0 Å². The van der Waals surface area contributed by atoms with E-state index in [-0.39, 0.29) is 5.91 Å². The van der Waals surface area contributed by atoms with Crippen molar-refractivity contribution in [3.8, 4) is 0 Å². The van der Waals surface area contributed by atoms with Crippen LogP contribution in [0.5, 0.6) is 0 Å². The van der Waals surface area contributed by atoms with Gasteiger partial charge in [0.05, 0.1) is 6.10 Å². The summed E-state index contributed by atoms with van der Waals surface area (Å²) in [6, 6.07) is 7.34. The van der Waals surface area contributed by atoms with E-state index < -0.39 is 6.10 Å². The van der Waals surface area contributed by atoms with Crippen LogP contribution >= 0.6 is 11.6 Å². The van der Waals surface area contributed by atoms with Gasteiger partial charge in [-0.3, -0.25) is 4.79 Å². The van der Waals surface area contributed by atoms with Crippen molar-refractivity contribution in [3.63, 3.8) is 0 Å². The van der Waals surface area contributed by atoms with Crippen molar-refractivity contribution in [1.29, 1.82) is 0 Å². The molecule has 1 amide bonds. The smallest absolute Gasteiger partial charge is 0.222 e. The van der Waals surface area contributed by atoms with Gasteiger partial charge in [0, 0.05) is 43.2 Å². The minimum absolute atomic E-state index is 0.241. The number of rotatable bonds is 6. The number of likely N-dealkylation sites (tertiary alicyclic amines) is 1. The van der Waals surface area contributed by atoms with Crippen molar-refractivity contribution < 1.29 is 9.90 Å². The van der Waals surface area contributed by atoms with Crippen LogP contribution in [-0.4, -0.2) is 54.0 Å². The molecule has 110 valence electrons. The Balaban J connectivity index is 1.80. The average molecular weight is 297 g/mol. The number of hydrogen-bond acceptors (Lipinski definition) is 3. The number of benzene rings is 1. The molecule has 0 saturated carbocycles. The van der Waals surface area contributed by atoms with Crippen LogP contribution in [0.15, 0.2) is 24.3 Å². The van der Waals surface area contributed by atoms with E-state index in [1.807, 2.05) is 35.0 Å². The highest BCUT2D eigenvalue weighted by atomic mass is 35.5. The first-order valence-corrected chi connectivity index (χ1v) is 7.34. The number of halogens is 1. The van der Waals surface area contributed by atoms with Crippen molar-refractivity contribution in [3.05, 3.63) is 34.9 Å². The van der Waals surface area contributed by atoms with Crippen LogP contribution in [0.3, 0.4) is 0 Å². The Morgan fingerprint density at radius 1 is 1.45 bits per heavy atom. The van der Waals surface area contributed by atoms with Crippen molar-refractivity contribution >= 4 is 17.5 Å². The van der Waals surface area contributed by atoms with Crippen molar-refractivity contribution in [2.24, 2.45) is 0 Å². The van der Waals surface area contributed by atoms with Crippen LogP contribution in [0.4, 0.5) is 0 Å². The molecule has 1 aliphatic rings. The molecular formula is C15H21ClN2O2. The van der Waals surface area contributed by atoms with E-state index in [1.165, 1.54) is 0 Å². The van der Waals surface area contributed by atoms with E-state index in [2.05, 4.69) is 0 Å². The second-order valence-electron chi connectivity index (χ2n) is 5.28. The molecule has 4 nitrogen and oxygen atoms in total. The Labute approximate surface area is 124 Å². The number of amides is 1. The van der Waals surface area contributed by atoms with Gasteiger partial charge in [0.2, 0.25) is 5.91 Å². The lowest BCUT2D eigenvalue weighted by Crippen LogP contribution is -2.35. The lowest BCUT2D eigenvalue weighted by Gasteiger charge is -2.24. The molecule has 2 rings (SSSR count). The predicted molar refractivity (Wildman–Crippen MR) is 79.7 cm³/mol. The SMILES string of the molecule is CN(CCN1CCCC1=O)CC(O)c1ccccc1Cl. The van der Waals surface area contributed by atoms with E-state index in [9.17, 15) is 9.90 Å². The second kappa shape index (κ2) is 7.07. The molecule has 1 aromatic carbocycles. The zero-order valence-corrected chi connectivity index (χ0v) is 12.5. The van der Waals surface area contributed by atoms with Gasteiger partial charge in [-0.1, -0.05) is 29.8 Å². The highest BCUT2D eigenvalue weighted by Gasteiger charge is 2.20. The van der Waals surface area contributed by atoms with Gasteiger partial charge in [0.1, 0.15) is 0 Å². The van der Waals surface area contributed by atoms with E-state index in [0.29, 0.717) is 18.0 Å². The van der Waals surface area contributed by atoms with E-state index in [0.717, 1.165) is 31.6 Å². The molecule has 0 bridgehead atoms. The zero-order chi connectivity index (χ0) is 14.5. The Morgan fingerprint density at radius 2 is 2.20 bits per heavy atom. The predicted octanol–water partition coefficient (Wildman–Crippen LogP) is 1.93. The number of carbonyl (C=O) groups excluding carboxylic acids is 1. The quantitative estimate of drug-likeness (QED) is 0.872. The summed E-state index contributed by atoms with van der Waals surface area (Å²) in [6.45, 7) is 2.85. The van der Waals surface area contributed by atoms with Crippen LogP contribution in [-0.2, 0) is 4.79 Å². The van der Waals surface area contributed by atoms with Crippen molar-refractivity contribution in [2.75, 3.05) is 33.2 Å². The Bertz CT molecular complexity index is 467. The molecule has 1 atom stereocenters. The third-order valence-corrected chi connectivity index (χ3v) is 4.02. The second-order valence-corrected chi connectivity index (χ2v) is 5.69. The first-order chi connectivity index (χ1) is 9.58. The van der Waals surface area contributed by atoms with E-state index in [1.54, 1.807) is 6.07 Å². The summed E-state index contributed by atoms with van der Waals surface area (Å²) in [4.78, 5) is 15.4. The van der Waals surface area contributed by atoms with Crippen LogP contribution in [0.25, 0.3) is 0 Å². The van der Waals surface area contributed by atoms with Gasteiger partial charge in [-0.25, -0.2) is 0 Å². The van der Waals surface area contributed by atoms with Gasteiger partial charge >= 0.3 is 0 Å². The molecule has 5 heteroatoms. The molecule has 0 aromatic heterocycles. The molecule has 20 heavy (non-hydrogen) atoms. The molecule has 1 aliphatic heterocycles. The average Bonchev–Trinajstić information content (AvgIpc) is 2.82. The maximum absolute atomic E-state index is 11.5. The summed E-state index contributed by atoms with van der Waals surface area (Å²) < 4.78 is 0. The monoisotopic (exact) mass is 296 g/mol. The highest BCUT2D eigenvalue weighted by molar-refractivity contribution is 6.31. The molecule has 1 N–H and O–H groups in total. The number of aliphatic hydroxyl groups is 1. The van der Waals surface area contributed by atoms with Crippen LogP contribution < -0.4 is 0 Å². The fourth-order valence-corrected chi connectivity index (χ4v) is 2.72. The lowest BCUT2D eigenvalue weighted by molar-refractivity contribution is -0.127. The van der Waals surface area contributed by atoms with Gasteiger partial charge < -0.3 is 14.9 Å². The highest BCUT2D eigenvalue weighted by Crippen LogP contribution is 2.22. The fourth-order valence-electron chi connectivity index (χ4n) is 2.46. The summed E-state index contributed by atoms with van der Waals surface area (Å²) in [5.41, 5.74) is 0.748. The third-order valence-electron chi connectivity index (χ3n) is 3.67. The molecule has 0 spiro atoms. The molecule has 0 radical (unpaired) electrons. The number of likely N-dealkylation sites (N-methyl/N-ethyl adjacent to an activating group) is 1. The van der Waals surface area contributed by atoms with Crippen molar-refractivity contribution in [1.82, 2.24) is 9.80 Å². The van der Waals surface area contributed by atoms with Gasteiger partial charge in [-0.05, 0) is 19.5 Å². The fraction of sp³-hybridized carbons (Fsp3) is 0.533. The first-order valence-electron chi connectivity index (χ1n) is 6.96. The van der Waals surface area contributed by atoms with Gasteiger partial charge in [0.25, 0.3) is 0 Å². The Hall–Kier alpha value is -1.10. The third kappa shape index (κ3) is 3.95. The molecule has 1 heterocycles. The molecule has 0 aliphatic carbocycles. The van der Waals surface area contributed by atoms with Crippen LogP contribution in [0.2, 0.25) is 5.02 Å². The van der Waals surface area contributed by atoms with Crippen molar-refractivity contribution in [2.45, 2.75) is 18.9 Å². The zero-order valence-electron chi connectivity index (χ0n) is 11.8. The summed E-state index contributed by atoms with van der Waals surface area (Å²) in [5.74, 6) is 0.241. The normalized spacial score (nSPS) is 17.0. The number of carbonyl (C=O) groups is 1. The number of aliphatic hydroxyl groups excluding tert-OH is 1. The lowest BCUT2D eigenvalue weighted by atomic mass is 10.1. The maximum atomic E-state index is 11.5. The Kier molecular flexibility index (Phi) is 5.40. The standard InChI is InChI=1S/C15H21ClN2O2/c1-17(9-10-18-8-4-7-15(18)20)11-14(19)12-5-2-3-6-13(12)16/h2-3,5-6,14,19H,4,7-11H2,1H3. The van der Waals surface area contributed by atoms with Gasteiger partial charge in [-0.15, -0.1) is 0 Å². The topological polar surface area (TPSA) is 43.8 Å². The minimum atomic E-state index is -0.608. The first kappa shape index (κ1) is 15.3. The van der Waals surface area contributed by atoms with Gasteiger partial charge in [0.15, 0.2) is 0 Å². The van der Waals surface area contributed by atoms with Crippen LogP contribution in [0, 0.1) is 0 Å². The molecule has 1 fully saturated rings. The van der Waals surface area contributed by atoms with E-state index in [4.69, 9.17) is 11.6 Å². The minimum Gasteiger partial charge on any atom is -0.387 e. The van der Waals surface area contributed by atoms with Crippen LogP contribution in [0.1, 0.15) is 24.5 Å². The summed E-state index contributed by atoms with van der Waals surface area (Å²) in [7, 11) is 1.95.